The lowest BCUT2D eigenvalue weighted by Gasteiger charge is -2.33. The van der Waals surface area contributed by atoms with Gasteiger partial charge in [-0.15, -0.1) is 0 Å². The molecular weight excluding hydrogens is 168 g/mol. The van der Waals surface area contributed by atoms with E-state index in [1.807, 2.05) is 0 Å². The quantitative estimate of drug-likeness (QED) is 0.539. The van der Waals surface area contributed by atoms with Gasteiger partial charge in [-0.1, -0.05) is 0 Å². The van der Waals surface area contributed by atoms with Gasteiger partial charge in [0.05, 0.1) is 13.2 Å². The number of methoxy groups -OCH3 is 1. The molecule has 0 aliphatic carbocycles. The van der Waals surface area contributed by atoms with Crippen LogP contribution in [0.15, 0.2) is 0 Å². The van der Waals surface area contributed by atoms with E-state index in [9.17, 15) is 4.79 Å². The van der Waals surface area contributed by atoms with Crippen LogP contribution < -0.4 is 0 Å². The predicted octanol–water partition coefficient (Wildman–Crippen LogP) is -0.551. The Labute approximate surface area is 79.4 Å². The smallest absolute Gasteiger partial charge is 0.133 e. The molecule has 76 valence electrons. The maximum absolute atomic E-state index is 10.3. The number of piperazine rings is 1. The van der Waals surface area contributed by atoms with Crippen molar-refractivity contribution in [2.75, 3.05) is 53.0 Å². The first-order valence-corrected chi connectivity index (χ1v) is 4.74. The lowest BCUT2D eigenvalue weighted by molar-refractivity contribution is -0.109. The zero-order valence-corrected chi connectivity index (χ0v) is 8.24. The summed E-state index contributed by atoms with van der Waals surface area (Å²) >= 11 is 0. The molecule has 0 N–H and O–H groups in total. The second-order valence-electron chi connectivity index (χ2n) is 3.30. The number of rotatable bonds is 5. The number of carbonyl (C=O) groups is 1. The van der Waals surface area contributed by atoms with E-state index in [0.29, 0.717) is 6.54 Å². The molecule has 0 aromatic carbocycles. The Bertz CT molecular complexity index is 145. The first-order valence-electron chi connectivity index (χ1n) is 4.74. The van der Waals surface area contributed by atoms with E-state index in [1.165, 1.54) is 0 Å². The summed E-state index contributed by atoms with van der Waals surface area (Å²) in [5.41, 5.74) is 0. The van der Waals surface area contributed by atoms with Gasteiger partial charge in [-0.2, -0.15) is 0 Å². The number of aldehydes is 1. The summed E-state index contributed by atoms with van der Waals surface area (Å²) in [5, 5.41) is 0. The summed E-state index contributed by atoms with van der Waals surface area (Å²) in [4.78, 5) is 14.8. The van der Waals surface area contributed by atoms with Crippen LogP contribution in [0.4, 0.5) is 0 Å². The first-order chi connectivity index (χ1) is 6.36. The standard InChI is InChI=1S/C9H18N2O2/c1-13-9-7-11-4-2-10(3-5-11)6-8-12/h8H,2-7,9H2,1H3. The summed E-state index contributed by atoms with van der Waals surface area (Å²) in [6, 6.07) is 0. The van der Waals surface area contributed by atoms with Gasteiger partial charge >= 0.3 is 0 Å². The van der Waals surface area contributed by atoms with Gasteiger partial charge < -0.3 is 9.53 Å². The van der Waals surface area contributed by atoms with Crippen molar-refractivity contribution in [1.82, 2.24) is 9.80 Å². The second kappa shape index (κ2) is 6.07. The number of nitrogens with zero attached hydrogens (tertiary/aromatic N) is 2. The van der Waals surface area contributed by atoms with Crippen LogP contribution in [-0.4, -0.2) is 69.1 Å². The fraction of sp³-hybridized carbons (Fsp3) is 0.889. The molecule has 0 bridgehead atoms. The van der Waals surface area contributed by atoms with Gasteiger partial charge in [0.15, 0.2) is 0 Å². The number of carbonyl (C=O) groups excluding carboxylic acids is 1. The van der Waals surface area contributed by atoms with Crippen LogP contribution >= 0.6 is 0 Å². The maximum atomic E-state index is 10.3. The number of hydrogen-bond donors (Lipinski definition) is 0. The van der Waals surface area contributed by atoms with E-state index < -0.39 is 0 Å². The molecule has 1 aliphatic heterocycles. The van der Waals surface area contributed by atoms with Crippen molar-refractivity contribution in [1.29, 1.82) is 0 Å². The van der Waals surface area contributed by atoms with E-state index in [0.717, 1.165) is 45.6 Å². The van der Waals surface area contributed by atoms with E-state index >= 15 is 0 Å². The lowest BCUT2D eigenvalue weighted by atomic mass is 10.3. The third kappa shape index (κ3) is 3.85. The first kappa shape index (κ1) is 10.6. The van der Waals surface area contributed by atoms with Crippen molar-refractivity contribution >= 4 is 6.29 Å². The zero-order chi connectivity index (χ0) is 9.52. The Hall–Kier alpha value is -0.450. The number of ether oxygens (including phenoxy) is 1. The van der Waals surface area contributed by atoms with Crippen molar-refractivity contribution in [2.45, 2.75) is 0 Å². The Morgan fingerprint density at radius 3 is 2.38 bits per heavy atom. The highest BCUT2D eigenvalue weighted by Crippen LogP contribution is 1.99. The molecule has 0 amide bonds. The Balaban J connectivity index is 2.11. The highest BCUT2D eigenvalue weighted by Gasteiger charge is 2.15. The highest BCUT2D eigenvalue weighted by atomic mass is 16.5. The molecule has 0 aromatic heterocycles. The van der Waals surface area contributed by atoms with E-state index in [4.69, 9.17) is 4.74 Å². The summed E-state index contributed by atoms with van der Waals surface area (Å²) < 4.78 is 5.01. The predicted molar refractivity (Wildman–Crippen MR) is 50.8 cm³/mol. The molecular formula is C9H18N2O2. The van der Waals surface area contributed by atoms with Gasteiger partial charge in [0.25, 0.3) is 0 Å². The molecule has 1 heterocycles. The largest absolute Gasteiger partial charge is 0.383 e. The van der Waals surface area contributed by atoms with Crippen molar-refractivity contribution in [3.8, 4) is 0 Å². The molecule has 0 radical (unpaired) electrons. The molecule has 0 aromatic rings. The zero-order valence-electron chi connectivity index (χ0n) is 8.24. The number of hydrogen-bond acceptors (Lipinski definition) is 4. The third-order valence-corrected chi connectivity index (χ3v) is 2.41. The van der Waals surface area contributed by atoms with E-state index in [-0.39, 0.29) is 0 Å². The average Bonchev–Trinajstić information content (AvgIpc) is 2.17. The molecule has 0 unspecified atom stereocenters. The molecule has 0 spiro atoms. The van der Waals surface area contributed by atoms with E-state index in [1.54, 1.807) is 7.11 Å². The molecule has 0 saturated carbocycles. The Morgan fingerprint density at radius 2 is 1.85 bits per heavy atom. The van der Waals surface area contributed by atoms with Crippen LogP contribution in [-0.2, 0) is 9.53 Å². The summed E-state index contributed by atoms with van der Waals surface area (Å²) in [5.74, 6) is 0. The molecule has 13 heavy (non-hydrogen) atoms. The fourth-order valence-electron chi connectivity index (χ4n) is 1.52. The highest BCUT2D eigenvalue weighted by molar-refractivity contribution is 5.51. The normalized spacial score (nSPS) is 20.4. The molecule has 1 rings (SSSR count). The fourth-order valence-corrected chi connectivity index (χ4v) is 1.52. The molecule has 1 aliphatic rings. The minimum Gasteiger partial charge on any atom is -0.383 e. The summed E-state index contributed by atoms with van der Waals surface area (Å²) in [7, 11) is 1.72. The summed E-state index contributed by atoms with van der Waals surface area (Å²) in [6.45, 7) is 6.50. The van der Waals surface area contributed by atoms with Crippen molar-refractivity contribution < 1.29 is 9.53 Å². The Morgan fingerprint density at radius 1 is 1.23 bits per heavy atom. The topological polar surface area (TPSA) is 32.8 Å². The minimum absolute atomic E-state index is 0.581. The van der Waals surface area contributed by atoms with Crippen molar-refractivity contribution in [3.05, 3.63) is 0 Å². The lowest BCUT2D eigenvalue weighted by Crippen LogP contribution is -2.47. The second-order valence-corrected chi connectivity index (χ2v) is 3.30. The van der Waals surface area contributed by atoms with Crippen LogP contribution in [0.5, 0.6) is 0 Å². The van der Waals surface area contributed by atoms with Gasteiger partial charge in [0, 0.05) is 39.8 Å². The van der Waals surface area contributed by atoms with Crippen LogP contribution in [0.2, 0.25) is 0 Å². The monoisotopic (exact) mass is 186 g/mol. The molecule has 4 nitrogen and oxygen atoms in total. The van der Waals surface area contributed by atoms with E-state index in [2.05, 4.69) is 9.80 Å². The Kier molecular flexibility index (Phi) is 4.97. The van der Waals surface area contributed by atoms with Crippen LogP contribution in [0.3, 0.4) is 0 Å². The average molecular weight is 186 g/mol. The van der Waals surface area contributed by atoms with Crippen LogP contribution in [0, 0.1) is 0 Å². The van der Waals surface area contributed by atoms with Gasteiger partial charge in [0.1, 0.15) is 6.29 Å². The van der Waals surface area contributed by atoms with Crippen molar-refractivity contribution in [2.24, 2.45) is 0 Å². The third-order valence-electron chi connectivity index (χ3n) is 2.41. The molecule has 1 fully saturated rings. The van der Waals surface area contributed by atoms with Gasteiger partial charge in [-0.25, -0.2) is 0 Å². The van der Waals surface area contributed by atoms with Gasteiger partial charge in [0.2, 0.25) is 0 Å². The van der Waals surface area contributed by atoms with Crippen LogP contribution in [0.1, 0.15) is 0 Å². The molecule has 1 saturated heterocycles. The minimum atomic E-state index is 0.581. The SMILES string of the molecule is COCCN1CCN(CC=O)CC1. The summed E-state index contributed by atoms with van der Waals surface area (Å²) in [6.07, 6.45) is 0.977. The van der Waals surface area contributed by atoms with Crippen LogP contribution in [0.25, 0.3) is 0 Å². The van der Waals surface area contributed by atoms with Gasteiger partial charge in [-0.05, 0) is 0 Å². The van der Waals surface area contributed by atoms with Crippen molar-refractivity contribution in [3.63, 3.8) is 0 Å². The molecule has 0 atom stereocenters. The van der Waals surface area contributed by atoms with Gasteiger partial charge in [-0.3, -0.25) is 9.80 Å². The molecule has 4 heteroatoms. The maximum Gasteiger partial charge on any atom is 0.133 e.